The van der Waals surface area contributed by atoms with E-state index in [9.17, 15) is 10.1 Å². The number of furan rings is 1. The minimum atomic E-state index is -0.625. The van der Waals surface area contributed by atoms with Crippen LogP contribution < -0.4 is 15.5 Å². The van der Waals surface area contributed by atoms with Crippen LogP contribution in [0.2, 0.25) is 0 Å². The fourth-order valence-electron chi connectivity index (χ4n) is 1.52. The van der Waals surface area contributed by atoms with Crippen molar-refractivity contribution in [2.24, 2.45) is 5.10 Å². The Morgan fingerprint density at radius 1 is 1.45 bits per heavy atom. The second-order valence-electron chi connectivity index (χ2n) is 3.99. The molecule has 1 aromatic heterocycles. The van der Waals surface area contributed by atoms with E-state index in [1.807, 2.05) is 18.2 Å². The van der Waals surface area contributed by atoms with Crippen molar-refractivity contribution in [2.75, 3.05) is 12.4 Å². The van der Waals surface area contributed by atoms with Crippen LogP contribution in [0.4, 0.5) is 11.6 Å². The van der Waals surface area contributed by atoms with Gasteiger partial charge in [-0.3, -0.25) is 15.5 Å². The van der Waals surface area contributed by atoms with Gasteiger partial charge in [0, 0.05) is 11.8 Å². The molecule has 0 spiro atoms. The van der Waals surface area contributed by atoms with Crippen LogP contribution in [-0.4, -0.2) is 23.4 Å². The predicted octanol–water partition coefficient (Wildman–Crippen LogP) is 2.52. The molecule has 0 bridgehead atoms. The summed E-state index contributed by atoms with van der Waals surface area (Å²) < 4.78 is 10.0. The maximum Gasteiger partial charge on any atom is 0.433 e. The molecule has 0 unspecified atom stereocenters. The number of ether oxygens (including phenoxy) is 1. The monoisotopic (exact) mass is 320 g/mol. The van der Waals surface area contributed by atoms with Gasteiger partial charge in [-0.2, -0.15) is 5.10 Å². The van der Waals surface area contributed by atoms with Crippen LogP contribution in [0.1, 0.15) is 5.76 Å². The third kappa shape index (κ3) is 4.28. The molecule has 2 rings (SSSR count). The van der Waals surface area contributed by atoms with Crippen LogP contribution in [0.25, 0.3) is 0 Å². The normalized spacial score (nSPS) is 10.4. The summed E-state index contributed by atoms with van der Waals surface area (Å²) in [6.45, 7) is 0. The first-order valence-corrected chi connectivity index (χ1v) is 6.47. The van der Waals surface area contributed by atoms with Crippen molar-refractivity contribution < 1.29 is 14.1 Å². The largest absolute Gasteiger partial charge is 0.497 e. The second-order valence-corrected chi connectivity index (χ2v) is 4.40. The number of thiocarbonyl (C=S) groups is 1. The van der Waals surface area contributed by atoms with Gasteiger partial charge in [0.25, 0.3) is 0 Å². The average molecular weight is 320 g/mol. The van der Waals surface area contributed by atoms with Crippen LogP contribution in [0, 0.1) is 10.1 Å². The van der Waals surface area contributed by atoms with Crippen molar-refractivity contribution in [3.05, 3.63) is 52.3 Å². The SMILES string of the molecule is COc1cccc(NC(=S)N/N=C\c2ccc([N+](=O)[O-])o2)c1. The zero-order chi connectivity index (χ0) is 15.9. The summed E-state index contributed by atoms with van der Waals surface area (Å²) in [6.07, 6.45) is 1.28. The maximum atomic E-state index is 10.5. The number of anilines is 1. The Hall–Kier alpha value is -2.94. The Morgan fingerprint density at radius 3 is 2.95 bits per heavy atom. The molecule has 0 saturated heterocycles. The van der Waals surface area contributed by atoms with E-state index in [2.05, 4.69) is 15.8 Å². The van der Waals surface area contributed by atoms with Gasteiger partial charge in [-0.1, -0.05) is 6.07 Å². The smallest absolute Gasteiger partial charge is 0.433 e. The summed E-state index contributed by atoms with van der Waals surface area (Å²) in [5.74, 6) is 0.584. The lowest BCUT2D eigenvalue weighted by Crippen LogP contribution is -2.23. The second kappa shape index (κ2) is 7.18. The Labute approximate surface area is 130 Å². The number of rotatable bonds is 5. The number of hydrogen-bond donors (Lipinski definition) is 2. The van der Waals surface area contributed by atoms with Gasteiger partial charge in [0.1, 0.15) is 10.7 Å². The highest BCUT2D eigenvalue weighted by molar-refractivity contribution is 7.80. The van der Waals surface area contributed by atoms with Gasteiger partial charge in [-0.15, -0.1) is 0 Å². The highest BCUT2D eigenvalue weighted by Gasteiger charge is 2.10. The molecular formula is C13H12N4O4S. The number of hydrazone groups is 1. The summed E-state index contributed by atoms with van der Waals surface area (Å²) in [5, 5.41) is 17.5. The van der Waals surface area contributed by atoms with Gasteiger partial charge < -0.3 is 14.5 Å². The third-order valence-corrected chi connectivity index (χ3v) is 2.67. The number of benzene rings is 1. The van der Waals surface area contributed by atoms with E-state index in [0.29, 0.717) is 5.75 Å². The topological polar surface area (TPSA) is 102 Å². The first-order valence-electron chi connectivity index (χ1n) is 6.07. The van der Waals surface area contributed by atoms with Crippen molar-refractivity contribution >= 4 is 35.1 Å². The molecule has 0 atom stereocenters. The fraction of sp³-hybridized carbons (Fsp3) is 0.0769. The van der Waals surface area contributed by atoms with E-state index < -0.39 is 4.92 Å². The molecule has 0 aliphatic rings. The van der Waals surface area contributed by atoms with Gasteiger partial charge in [0.15, 0.2) is 10.9 Å². The minimum Gasteiger partial charge on any atom is -0.497 e. The zero-order valence-electron chi connectivity index (χ0n) is 11.5. The molecular weight excluding hydrogens is 308 g/mol. The summed E-state index contributed by atoms with van der Waals surface area (Å²) in [6, 6.07) is 9.89. The van der Waals surface area contributed by atoms with E-state index in [-0.39, 0.29) is 16.8 Å². The Kier molecular flexibility index (Phi) is 5.04. The van der Waals surface area contributed by atoms with Gasteiger partial charge >= 0.3 is 5.88 Å². The summed E-state index contributed by atoms with van der Waals surface area (Å²) in [5.41, 5.74) is 3.31. The molecule has 114 valence electrons. The van der Waals surface area contributed by atoms with Crippen molar-refractivity contribution in [2.45, 2.75) is 0 Å². The first-order chi connectivity index (χ1) is 10.6. The molecule has 2 N–H and O–H groups in total. The lowest BCUT2D eigenvalue weighted by atomic mass is 10.3. The molecule has 0 radical (unpaired) electrons. The molecule has 1 aromatic carbocycles. The van der Waals surface area contributed by atoms with Gasteiger partial charge in [0.05, 0.1) is 19.4 Å². The third-order valence-electron chi connectivity index (χ3n) is 2.48. The minimum absolute atomic E-state index is 0.239. The zero-order valence-corrected chi connectivity index (χ0v) is 12.3. The van der Waals surface area contributed by atoms with Crippen molar-refractivity contribution in [3.8, 4) is 5.75 Å². The van der Waals surface area contributed by atoms with Crippen LogP contribution >= 0.6 is 12.2 Å². The lowest BCUT2D eigenvalue weighted by Gasteiger charge is -2.07. The van der Waals surface area contributed by atoms with Crippen LogP contribution in [0.15, 0.2) is 45.9 Å². The standard InChI is InChI=1S/C13H12N4O4S/c1-20-10-4-2-3-9(7-10)15-13(22)16-14-8-11-5-6-12(21-11)17(18)19/h2-8H,1H3,(H2,15,16,22)/b14-8-. The quantitative estimate of drug-likeness (QED) is 0.378. The number of nitro groups is 1. The Bertz CT molecular complexity index is 714. The molecule has 1 heterocycles. The predicted molar refractivity (Wildman–Crippen MR) is 85.3 cm³/mol. The molecule has 2 aromatic rings. The van der Waals surface area contributed by atoms with Gasteiger partial charge in [0.2, 0.25) is 0 Å². The highest BCUT2D eigenvalue weighted by atomic mass is 32.1. The van der Waals surface area contributed by atoms with E-state index >= 15 is 0 Å². The molecule has 0 amide bonds. The van der Waals surface area contributed by atoms with E-state index in [1.54, 1.807) is 13.2 Å². The molecule has 0 fully saturated rings. The molecule has 8 nitrogen and oxygen atoms in total. The Morgan fingerprint density at radius 2 is 2.27 bits per heavy atom. The molecule has 0 saturated carbocycles. The molecule has 0 aliphatic heterocycles. The van der Waals surface area contributed by atoms with Gasteiger partial charge in [-0.05, 0) is 30.4 Å². The number of hydrogen-bond acceptors (Lipinski definition) is 6. The van der Waals surface area contributed by atoms with Crippen molar-refractivity contribution in [3.63, 3.8) is 0 Å². The number of methoxy groups -OCH3 is 1. The van der Waals surface area contributed by atoms with E-state index in [4.69, 9.17) is 21.4 Å². The highest BCUT2D eigenvalue weighted by Crippen LogP contribution is 2.16. The molecule has 22 heavy (non-hydrogen) atoms. The average Bonchev–Trinajstić information content (AvgIpc) is 2.96. The number of nitrogens with one attached hydrogen (secondary N) is 2. The van der Waals surface area contributed by atoms with Crippen molar-refractivity contribution in [1.29, 1.82) is 0 Å². The molecule has 0 aliphatic carbocycles. The fourth-order valence-corrected chi connectivity index (χ4v) is 1.69. The lowest BCUT2D eigenvalue weighted by molar-refractivity contribution is -0.402. The van der Waals surface area contributed by atoms with Crippen LogP contribution in [-0.2, 0) is 0 Å². The van der Waals surface area contributed by atoms with E-state index in [0.717, 1.165) is 5.69 Å². The summed E-state index contributed by atoms with van der Waals surface area (Å²) in [7, 11) is 1.57. The van der Waals surface area contributed by atoms with Gasteiger partial charge in [-0.25, -0.2) is 0 Å². The first kappa shape index (κ1) is 15.4. The molecule has 9 heteroatoms. The van der Waals surface area contributed by atoms with Crippen LogP contribution in [0.5, 0.6) is 5.75 Å². The maximum absolute atomic E-state index is 10.5. The van der Waals surface area contributed by atoms with Crippen LogP contribution in [0.3, 0.4) is 0 Å². The van der Waals surface area contributed by atoms with Crippen molar-refractivity contribution in [1.82, 2.24) is 5.43 Å². The summed E-state index contributed by atoms with van der Waals surface area (Å²) in [4.78, 5) is 9.84. The summed E-state index contributed by atoms with van der Waals surface area (Å²) >= 11 is 5.06. The Balaban J connectivity index is 1.88. The number of nitrogens with zero attached hydrogens (tertiary/aromatic N) is 2. The van der Waals surface area contributed by atoms with E-state index in [1.165, 1.54) is 18.3 Å².